The Morgan fingerprint density at radius 3 is 2.21 bits per heavy atom. The highest BCUT2D eigenvalue weighted by atomic mass is 32.1. The molecule has 1 aromatic heterocycles. The van der Waals surface area contributed by atoms with Crippen LogP contribution < -0.4 is 16.0 Å². The number of carbonyl (C=O) groups is 5. The van der Waals surface area contributed by atoms with E-state index in [1.165, 1.54) is 16.2 Å². The average molecular weight is 744 g/mol. The number of β-amino-alcohol motifs (C(OH)–C–C–N with tert-alkyl or cyclic N) is 1. The molecule has 0 radical (unpaired) electrons. The zero-order valence-corrected chi connectivity index (χ0v) is 31.5. The van der Waals surface area contributed by atoms with Gasteiger partial charge in [-0.2, -0.15) is 0 Å². The van der Waals surface area contributed by atoms with Crippen LogP contribution in [0.25, 0.3) is 10.4 Å². The van der Waals surface area contributed by atoms with E-state index in [1.807, 2.05) is 31.2 Å². The first kappa shape index (κ1) is 40.9. The first-order chi connectivity index (χ1) is 24.6. The van der Waals surface area contributed by atoms with Crippen molar-refractivity contribution in [3.05, 3.63) is 41.0 Å². The molecule has 2 heterocycles. The zero-order chi connectivity index (χ0) is 38.1. The Labute approximate surface area is 309 Å². The van der Waals surface area contributed by atoms with Gasteiger partial charge in [-0.3, -0.25) is 24.0 Å². The van der Waals surface area contributed by atoms with Crippen LogP contribution in [0, 0.1) is 12.3 Å². The van der Waals surface area contributed by atoms with E-state index in [2.05, 4.69) is 20.9 Å². The fourth-order valence-corrected chi connectivity index (χ4v) is 7.27. The molecular formula is C38H54FN5O7S. The number of alkyl halides is 1. The number of aryl methyl sites for hydroxylation is 1. The largest absolute Gasteiger partial charge is 0.481 e. The fraction of sp³-hybridized carbons (Fsp3) is 0.632. The van der Waals surface area contributed by atoms with Crippen LogP contribution in [0.15, 0.2) is 29.8 Å². The van der Waals surface area contributed by atoms with E-state index >= 15 is 0 Å². The standard InChI is InChI=1S/C38H54FN5O7S/c1-24-32(52-23-41-24)26-15-13-25(14-16-26)28(21-30(46)40-19-11-9-7-5-6-8-10-12-31(47)48)42-34(49)29-20-27(45)22-44(29)35(50)33(37(2,3)4)43-36(51)38(39)17-18-38/h13-16,23,27-29,33,45H,5-12,17-22H2,1-4H3,(H,40,46)(H,42,49)(H,43,51)(H,47,48)/t27-,28+,29+,33-/m1/s1. The number of halogens is 1. The van der Waals surface area contributed by atoms with E-state index in [0.717, 1.165) is 54.7 Å². The summed E-state index contributed by atoms with van der Waals surface area (Å²) in [4.78, 5) is 71.0. The molecule has 2 aromatic rings. The topological polar surface area (TPSA) is 178 Å². The Bertz CT molecular complexity index is 1560. The number of nitrogens with one attached hydrogen (secondary N) is 3. The van der Waals surface area contributed by atoms with Crippen molar-refractivity contribution in [1.82, 2.24) is 25.8 Å². The molecule has 2 fully saturated rings. The Balaban J connectivity index is 1.42. The highest BCUT2D eigenvalue weighted by molar-refractivity contribution is 7.13. The van der Waals surface area contributed by atoms with Gasteiger partial charge in [0.15, 0.2) is 5.67 Å². The summed E-state index contributed by atoms with van der Waals surface area (Å²) in [5.74, 6) is -3.00. The molecule has 1 aliphatic carbocycles. The van der Waals surface area contributed by atoms with Gasteiger partial charge in [-0.25, -0.2) is 9.37 Å². The molecule has 0 bridgehead atoms. The van der Waals surface area contributed by atoms with Crippen molar-refractivity contribution in [2.24, 2.45) is 5.41 Å². The number of hydrogen-bond acceptors (Lipinski definition) is 8. The average Bonchev–Trinajstić information content (AvgIpc) is 3.49. The first-order valence-corrected chi connectivity index (χ1v) is 19.2. The van der Waals surface area contributed by atoms with Crippen LogP contribution in [-0.4, -0.2) is 86.6 Å². The number of nitrogens with zero attached hydrogens (tertiary/aromatic N) is 2. The smallest absolute Gasteiger partial charge is 0.303 e. The van der Waals surface area contributed by atoms with Gasteiger partial charge >= 0.3 is 5.97 Å². The van der Waals surface area contributed by atoms with Gasteiger partial charge in [-0.15, -0.1) is 11.3 Å². The van der Waals surface area contributed by atoms with Gasteiger partial charge < -0.3 is 31.1 Å². The Hall–Kier alpha value is -3.91. The number of carboxylic acids is 1. The molecule has 286 valence electrons. The maximum atomic E-state index is 14.6. The Morgan fingerprint density at radius 2 is 1.63 bits per heavy atom. The molecular weight excluding hydrogens is 690 g/mol. The Morgan fingerprint density at radius 1 is 1.00 bits per heavy atom. The molecule has 1 saturated carbocycles. The summed E-state index contributed by atoms with van der Waals surface area (Å²) in [6, 6.07) is 4.59. The van der Waals surface area contributed by atoms with Crippen molar-refractivity contribution in [3.63, 3.8) is 0 Å². The molecule has 12 nitrogen and oxygen atoms in total. The van der Waals surface area contributed by atoms with Crippen LogP contribution in [0.5, 0.6) is 0 Å². The monoisotopic (exact) mass is 743 g/mol. The summed E-state index contributed by atoms with van der Waals surface area (Å²) in [7, 11) is 0. The molecule has 5 N–H and O–H groups in total. The minimum absolute atomic E-state index is 0.0303. The van der Waals surface area contributed by atoms with Crippen LogP contribution in [-0.2, 0) is 24.0 Å². The number of aliphatic hydroxyl groups is 1. The molecule has 4 atom stereocenters. The van der Waals surface area contributed by atoms with Crippen molar-refractivity contribution in [1.29, 1.82) is 0 Å². The second kappa shape index (κ2) is 18.2. The maximum Gasteiger partial charge on any atom is 0.303 e. The fourth-order valence-electron chi connectivity index (χ4n) is 6.45. The summed E-state index contributed by atoms with van der Waals surface area (Å²) in [6.45, 7) is 7.50. The summed E-state index contributed by atoms with van der Waals surface area (Å²) in [5, 5.41) is 27.9. The number of unbranched alkanes of at least 4 members (excludes halogenated alkanes) is 6. The third-order valence-electron chi connectivity index (χ3n) is 9.77. The second-order valence-corrected chi connectivity index (χ2v) is 16.1. The molecule has 0 spiro atoms. The molecule has 2 aliphatic rings. The van der Waals surface area contributed by atoms with Gasteiger partial charge in [0.2, 0.25) is 17.7 Å². The van der Waals surface area contributed by atoms with Crippen molar-refractivity contribution in [2.75, 3.05) is 13.1 Å². The summed E-state index contributed by atoms with van der Waals surface area (Å²) in [5.41, 5.74) is 1.51. The van der Waals surface area contributed by atoms with Crippen molar-refractivity contribution in [2.45, 2.75) is 135 Å². The molecule has 1 saturated heterocycles. The lowest BCUT2D eigenvalue weighted by Crippen LogP contribution is -2.59. The first-order valence-electron chi connectivity index (χ1n) is 18.4. The van der Waals surface area contributed by atoms with Crippen LogP contribution in [0.1, 0.15) is 115 Å². The predicted molar refractivity (Wildman–Crippen MR) is 196 cm³/mol. The second-order valence-electron chi connectivity index (χ2n) is 15.3. The lowest BCUT2D eigenvalue weighted by Gasteiger charge is -2.36. The molecule has 4 rings (SSSR count). The quantitative estimate of drug-likeness (QED) is 0.125. The highest BCUT2D eigenvalue weighted by Gasteiger charge is 2.53. The number of aliphatic carboxylic acids is 1. The van der Waals surface area contributed by atoms with Gasteiger partial charge in [-0.1, -0.05) is 77.1 Å². The number of rotatable bonds is 19. The number of aliphatic hydroxyl groups excluding tert-OH is 1. The summed E-state index contributed by atoms with van der Waals surface area (Å²) >= 11 is 1.52. The number of carbonyl (C=O) groups excluding carboxylic acids is 4. The lowest BCUT2D eigenvalue weighted by atomic mass is 9.85. The SMILES string of the molecule is Cc1ncsc1-c1ccc([C@H](CC(=O)NCCCCCCCCCC(=O)O)NC(=O)[C@@H]2C[C@@H](O)CN2C(=O)[C@@H](NC(=O)C2(F)CC2)C(C)(C)C)cc1. The number of likely N-dealkylation sites (tertiary alicyclic amines) is 1. The molecule has 52 heavy (non-hydrogen) atoms. The predicted octanol–water partition coefficient (Wildman–Crippen LogP) is 4.98. The van der Waals surface area contributed by atoms with Gasteiger partial charge in [0.05, 0.1) is 34.6 Å². The Kier molecular flexibility index (Phi) is 14.3. The van der Waals surface area contributed by atoms with E-state index < -0.39 is 59.0 Å². The van der Waals surface area contributed by atoms with Crippen LogP contribution >= 0.6 is 11.3 Å². The van der Waals surface area contributed by atoms with Crippen molar-refractivity contribution >= 4 is 40.9 Å². The maximum absolute atomic E-state index is 14.6. The molecule has 0 unspecified atom stereocenters. The third kappa shape index (κ3) is 11.5. The van der Waals surface area contributed by atoms with E-state index in [4.69, 9.17) is 5.11 Å². The van der Waals surface area contributed by atoms with Gasteiger partial charge in [0.1, 0.15) is 12.1 Å². The van der Waals surface area contributed by atoms with E-state index in [0.29, 0.717) is 18.5 Å². The lowest BCUT2D eigenvalue weighted by molar-refractivity contribution is -0.145. The van der Waals surface area contributed by atoms with E-state index in [-0.39, 0.29) is 44.6 Å². The van der Waals surface area contributed by atoms with Gasteiger partial charge in [-0.05, 0) is 49.1 Å². The molecule has 1 aliphatic heterocycles. The van der Waals surface area contributed by atoms with Gasteiger partial charge in [0.25, 0.3) is 5.91 Å². The third-order valence-corrected chi connectivity index (χ3v) is 10.7. The number of thiazole rings is 1. The number of aromatic nitrogens is 1. The van der Waals surface area contributed by atoms with E-state index in [9.17, 15) is 33.5 Å². The van der Waals surface area contributed by atoms with Crippen LogP contribution in [0.4, 0.5) is 4.39 Å². The molecule has 4 amide bonds. The normalized spacial score (nSPS) is 19.1. The number of amides is 4. The molecule has 1 aromatic carbocycles. The zero-order valence-electron chi connectivity index (χ0n) is 30.7. The minimum atomic E-state index is -1.99. The number of carboxylic acid groups (broad SMARTS) is 1. The van der Waals surface area contributed by atoms with Crippen LogP contribution in [0.2, 0.25) is 0 Å². The summed E-state index contributed by atoms with van der Waals surface area (Å²) in [6.07, 6.45) is 5.56. The highest BCUT2D eigenvalue weighted by Crippen LogP contribution is 2.40. The van der Waals surface area contributed by atoms with Crippen molar-refractivity contribution in [3.8, 4) is 10.4 Å². The van der Waals surface area contributed by atoms with Crippen molar-refractivity contribution < 1.29 is 38.6 Å². The minimum Gasteiger partial charge on any atom is -0.481 e. The number of hydrogen-bond donors (Lipinski definition) is 5. The van der Waals surface area contributed by atoms with Gasteiger partial charge in [0, 0.05) is 25.9 Å². The summed E-state index contributed by atoms with van der Waals surface area (Å²) < 4.78 is 14.6. The molecule has 14 heteroatoms. The number of benzene rings is 1. The van der Waals surface area contributed by atoms with E-state index in [1.54, 1.807) is 26.3 Å². The van der Waals surface area contributed by atoms with Crippen LogP contribution in [0.3, 0.4) is 0 Å².